The number of amides is 4. The van der Waals surface area contributed by atoms with Crippen LogP contribution < -0.4 is 16.0 Å². The van der Waals surface area contributed by atoms with E-state index in [9.17, 15) is 14.4 Å². The molecule has 1 saturated carbocycles. The van der Waals surface area contributed by atoms with Crippen molar-refractivity contribution in [2.45, 2.75) is 49.6 Å². The summed E-state index contributed by atoms with van der Waals surface area (Å²) in [6.45, 7) is 2.58. The molecule has 0 bridgehead atoms. The molecule has 4 amide bonds. The summed E-state index contributed by atoms with van der Waals surface area (Å²) in [6, 6.07) is 15.5. The molecule has 0 aromatic heterocycles. The van der Waals surface area contributed by atoms with Gasteiger partial charge in [-0.15, -0.1) is 11.8 Å². The van der Waals surface area contributed by atoms with Crippen LogP contribution in [-0.2, 0) is 28.1 Å². The number of benzene rings is 2. The molecule has 2 aromatic carbocycles. The van der Waals surface area contributed by atoms with Crippen LogP contribution in [0.2, 0.25) is 0 Å². The van der Waals surface area contributed by atoms with Gasteiger partial charge in [0.2, 0.25) is 5.91 Å². The Kier molecular flexibility index (Phi) is 6.15. The Morgan fingerprint density at radius 1 is 1.15 bits per heavy atom. The lowest BCUT2D eigenvalue weighted by atomic mass is 9.64. The van der Waals surface area contributed by atoms with Crippen molar-refractivity contribution in [2.75, 3.05) is 6.26 Å². The smallest absolute Gasteiger partial charge is 0.322 e. The molecule has 7 heteroatoms. The van der Waals surface area contributed by atoms with Crippen LogP contribution >= 0.6 is 11.8 Å². The SMILES string of the molecule is CSc1ccc(CNC(=O)C([C@@H](C)C2CCC2)[C@@H]2Cc3ccccc3C23NC(=O)NC3=O)cc1. The van der Waals surface area contributed by atoms with Crippen molar-refractivity contribution in [1.29, 1.82) is 0 Å². The second kappa shape index (κ2) is 9.10. The van der Waals surface area contributed by atoms with Gasteiger partial charge in [0.25, 0.3) is 5.91 Å². The predicted molar refractivity (Wildman–Crippen MR) is 132 cm³/mol. The first kappa shape index (κ1) is 23.0. The summed E-state index contributed by atoms with van der Waals surface area (Å²) in [7, 11) is 0. The maximum Gasteiger partial charge on any atom is 0.322 e. The van der Waals surface area contributed by atoms with Gasteiger partial charge >= 0.3 is 6.03 Å². The fourth-order valence-electron chi connectivity index (χ4n) is 6.09. The molecule has 6 nitrogen and oxygen atoms in total. The number of carbonyl (C=O) groups excluding carboxylic acids is 3. The van der Waals surface area contributed by atoms with Crippen LogP contribution in [-0.4, -0.2) is 24.1 Å². The van der Waals surface area contributed by atoms with Crippen LogP contribution in [0.5, 0.6) is 0 Å². The Hall–Kier alpha value is -2.80. The van der Waals surface area contributed by atoms with Crippen LogP contribution in [0.15, 0.2) is 53.4 Å². The molecule has 2 aliphatic carbocycles. The maximum absolute atomic E-state index is 13.8. The molecule has 1 heterocycles. The van der Waals surface area contributed by atoms with Gasteiger partial charge < -0.3 is 10.6 Å². The molecule has 2 fully saturated rings. The summed E-state index contributed by atoms with van der Waals surface area (Å²) in [6.07, 6.45) is 6.01. The summed E-state index contributed by atoms with van der Waals surface area (Å²) in [5.41, 5.74) is 1.68. The van der Waals surface area contributed by atoms with Crippen LogP contribution in [0, 0.1) is 23.7 Å². The highest BCUT2D eigenvalue weighted by Crippen LogP contribution is 2.51. The Morgan fingerprint density at radius 2 is 1.88 bits per heavy atom. The van der Waals surface area contributed by atoms with Crippen LogP contribution in [0.3, 0.4) is 0 Å². The molecule has 2 aromatic rings. The largest absolute Gasteiger partial charge is 0.352 e. The van der Waals surface area contributed by atoms with Gasteiger partial charge in [-0.2, -0.15) is 0 Å². The fraction of sp³-hybridized carbons (Fsp3) is 0.444. The monoisotopic (exact) mass is 477 g/mol. The number of carbonyl (C=O) groups is 3. The van der Waals surface area contributed by atoms with Gasteiger partial charge in [-0.3, -0.25) is 14.9 Å². The zero-order valence-corrected chi connectivity index (χ0v) is 20.4. The highest BCUT2D eigenvalue weighted by molar-refractivity contribution is 7.98. The fourth-order valence-corrected chi connectivity index (χ4v) is 6.49. The molecular weight excluding hydrogens is 446 g/mol. The number of nitrogens with one attached hydrogen (secondary N) is 3. The summed E-state index contributed by atoms with van der Waals surface area (Å²) in [5, 5.41) is 8.58. The molecule has 5 rings (SSSR count). The van der Waals surface area contributed by atoms with Gasteiger partial charge in [-0.05, 0) is 53.3 Å². The third-order valence-corrected chi connectivity index (χ3v) is 8.90. The molecule has 3 N–H and O–H groups in total. The van der Waals surface area contributed by atoms with Gasteiger partial charge in [0, 0.05) is 23.3 Å². The molecule has 178 valence electrons. The van der Waals surface area contributed by atoms with Crippen LogP contribution in [0.25, 0.3) is 0 Å². The number of imide groups is 1. The third kappa shape index (κ3) is 3.80. The predicted octanol–water partition coefficient (Wildman–Crippen LogP) is 3.98. The number of thioether (sulfide) groups is 1. The number of urea groups is 1. The molecule has 1 saturated heterocycles. The molecule has 2 unspecified atom stereocenters. The van der Waals surface area contributed by atoms with Crippen molar-refractivity contribution in [1.82, 2.24) is 16.0 Å². The molecule has 0 radical (unpaired) electrons. The third-order valence-electron chi connectivity index (χ3n) is 8.16. The zero-order chi connectivity index (χ0) is 23.9. The standard InChI is InChI=1S/C27H31N3O3S/c1-16(18-7-5-8-18)23(24(31)28-15-17-10-12-20(34-2)13-11-17)22-14-19-6-3-4-9-21(19)27(22)25(32)29-26(33)30-27/h3-4,6,9-13,16,18,22-23H,5,7-8,14-15H2,1-2H3,(H,28,31)(H2,29,30,32,33)/t16-,22-,23?,27?/m0/s1. The van der Waals surface area contributed by atoms with E-state index in [1.54, 1.807) is 11.8 Å². The highest BCUT2D eigenvalue weighted by Gasteiger charge is 2.61. The molecular formula is C27H31N3O3S. The first-order valence-electron chi connectivity index (χ1n) is 12.1. The van der Waals surface area contributed by atoms with E-state index in [0.29, 0.717) is 18.9 Å². The topological polar surface area (TPSA) is 87.3 Å². The van der Waals surface area contributed by atoms with Gasteiger partial charge in [0.1, 0.15) is 0 Å². The molecule has 1 aliphatic heterocycles. The minimum atomic E-state index is -1.20. The van der Waals surface area contributed by atoms with Crippen molar-refractivity contribution in [3.05, 3.63) is 65.2 Å². The normalized spacial score (nSPS) is 25.3. The maximum atomic E-state index is 13.8. The van der Waals surface area contributed by atoms with Crippen molar-refractivity contribution >= 4 is 29.6 Å². The first-order valence-corrected chi connectivity index (χ1v) is 13.3. The van der Waals surface area contributed by atoms with E-state index in [2.05, 4.69) is 35.0 Å². The van der Waals surface area contributed by atoms with E-state index in [4.69, 9.17) is 0 Å². The average molecular weight is 478 g/mol. The molecule has 1 spiro atoms. The Balaban J connectivity index is 1.47. The lowest BCUT2D eigenvalue weighted by molar-refractivity contribution is -0.135. The van der Waals surface area contributed by atoms with Gasteiger partial charge in [-0.25, -0.2) is 4.79 Å². The number of rotatable bonds is 7. The lowest BCUT2D eigenvalue weighted by Crippen LogP contribution is -2.55. The van der Waals surface area contributed by atoms with E-state index >= 15 is 0 Å². The Labute approximate surface area is 204 Å². The van der Waals surface area contributed by atoms with Gasteiger partial charge in [0.05, 0.1) is 0 Å². The van der Waals surface area contributed by atoms with E-state index in [0.717, 1.165) is 29.5 Å². The minimum Gasteiger partial charge on any atom is -0.352 e. The van der Waals surface area contributed by atoms with E-state index in [-0.39, 0.29) is 23.7 Å². The van der Waals surface area contributed by atoms with Gasteiger partial charge in [-0.1, -0.05) is 62.6 Å². The summed E-state index contributed by atoms with van der Waals surface area (Å²) in [5.74, 6) is -0.567. The number of hydrogen-bond donors (Lipinski definition) is 3. The second-order valence-electron chi connectivity index (χ2n) is 9.83. The Bertz CT molecular complexity index is 1110. The average Bonchev–Trinajstić information content (AvgIpc) is 3.28. The molecule has 3 aliphatic rings. The second-order valence-corrected chi connectivity index (χ2v) is 10.7. The number of hydrogen-bond acceptors (Lipinski definition) is 4. The molecule has 34 heavy (non-hydrogen) atoms. The zero-order valence-electron chi connectivity index (χ0n) is 19.6. The van der Waals surface area contributed by atoms with Crippen molar-refractivity contribution in [2.24, 2.45) is 23.7 Å². The summed E-state index contributed by atoms with van der Waals surface area (Å²) >= 11 is 1.68. The van der Waals surface area contributed by atoms with Crippen molar-refractivity contribution < 1.29 is 14.4 Å². The lowest BCUT2D eigenvalue weighted by Gasteiger charge is -2.42. The summed E-state index contributed by atoms with van der Waals surface area (Å²) < 4.78 is 0. The highest BCUT2D eigenvalue weighted by atomic mass is 32.2. The van der Waals surface area contributed by atoms with Crippen molar-refractivity contribution in [3.63, 3.8) is 0 Å². The van der Waals surface area contributed by atoms with Crippen molar-refractivity contribution in [3.8, 4) is 0 Å². The van der Waals surface area contributed by atoms with E-state index in [1.165, 1.54) is 11.3 Å². The van der Waals surface area contributed by atoms with Crippen LogP contribution in [0.4, 0.5) is 4.79 Å². The quantitative estimate of drug-likeness (QED) is 0.416. The van der Waals surface area contributed by atoms with E-state index < -0.39 is 17.5 Å². The van der Waals surface area contributed by atoms with Gasteiger partial charge in [0.15, 0.2) is 5.54 Å². The van der Waals surface area contributed by atoms with Crippen LogP contribution in [0.1, 0.15) is 42.9 Å². The Morgan fingerprint density at radius 3 is 2.50 bits per heavy atom. The number of fused-ring (bicyclic) bond motifs is 2. The first-order chi connectivity index (χ1) is 16.4. The minimum absolute atomic E-state index is 0.0422. The molecule has 4 atom stereocenters. The summed E-state index contributed by atoms with van der Waals surface area (Å²) in [4.78, 5) is 40.7. The van der Waals surface area contributed by atoms with E-state index in [1.807, 2.05) is 42.7 Å².